The van der Waals surface area contributed by atoms with Crippen LogP contribution in [0.1, 0.15) is 33.4 Å². The van der Waals surface area contributed by atoms with Crippen LogP contribution in [0.4, 0.5) is 0 Å². The summed E-state index contributed by atoms with van der Waals surface area (Å²) in [6.07, 6.45) is 0. The van der Waals surface area contributed by atoms with Gasteiger partial charge in [-0.1, -0.05) is 90.1 Å². The van der Waals surface area contributed by atoms with Gasteiger partial charge in [-0.05, 0) is 54.6 Å². The monoisotopic (exact) mass is 499 g/mol. The summed E-state index contributed by atoms with van der Waals surface area (Å²) in [5.41, 5.74) is 9.58. The van der Waals surface area contributed by atoms with E-state index in [4.69, 9.17) is 21.1 Å². The Kier molecular flexibility index (Phi) is 10.9. The second-order valence-electron chi connectivity index (χ2n) is 8.48. The molecule has 0 bridgehead atoms. The highest BCUT2D eigenvalue weighted by molar-refractivity contribution is 5.55. The normalized spacial score (nSPS) is 9.79. The second kappa shape index (κ2) is 14.8. The van der Waals surface area contributed by atoms with Crippen molar-refractivity contribution in [2.75, 3.05) is 19.8 Å². The maximum atomic E-state index is 8.34. The zero-order valence-electron chi connectivity index (χ0n) is 20.9. The summed E-state index contributed by atoms with van der Waals surface area (Å²) in [6.45, 7) is -1.21. The van der Waals surface area contributed by atoms with E-state index in [1.807, 2.05) is 109 Å². The van der Waals surface area contributed by atoms with Crippen molar-refractivity contribution < 1.29 is 15.3 Å². The molecule has 4 nitrogen and oxygen atoms in total. The lowest BCUT2D eigenvalue weighted by Crippen LogP contribution is -2.50. The largest absolute Gasteiger partial charge is 0.394 e. The lowest BCUT2D eigenvalue weighted by Gasteiger charge is -2.20. The van der Waals surface area contributed by atoms with Gasteiger partial charge in [-0.2, -0.15) is 0 Å². The van der Waals surface area contributed by atoms with E-state index in [0.29, 0.717) is 0 Å². The topological polar surface area (TPSA) is 86.7 Å². The van der Waals surface area contributed by atoms with Crippen LogP contribution in [-0.4, -0.2) is 40.7 Å². The highest BCUT2D eigenvalue weighted by Gasteiger charge is 2.20. The molecule has 0 aliphatic rings. The number of hydrogen-bond donors (Lipinski definition) is 4. The van der Waals surface area contributed by atoms with Crippen LogP contribution in [0, 0.1) is 35.5 Å². The van der Waals surface area contributed by atoms with E-state index in [1.54, 1.807) is 0 Å². The molecule has 4 heteroatoms. The molecule has 5 N–H and O–H groups in total. The Morgan fingerprint density at radius 3 is 0.868 bits per heavy atom. The SMILES string of the molecule is C(#Cc1cc(C#Cc2ccccc2)cc(C#Cc2ccccc2)c1)c1ccccc1.NC(CO)(CO)CO. The van der Waals surface area contributed by atoms with Crippen LogP contribution < -0.4 is 5.73 Å². The van der Waals surface area contributed by atoms with Crippen LogP contribution in [0.5, 0.6) is 0 Å². The smallest absolute Gasteiger partial charge is 0.0856 e. The molecule has 0 saturated heterocycles. The predicted molar refractivity (Wildman–Crippen MR) is 152 cm³/mol. The van der Waals surface area contributed by atoms with Crippen LogP contribution in [0.25, 0.3) is 0 Å². The molecule has 4 aromatic rings. The Labute approximate surface area is 224 Å². The second-order valence-corrected chi connectivity index (χ2v) is 8.48. The maximum Gasteiger partial charge on any atom is 0.0856 e. The van der Waals surface area contributed by atoms with E-state index in [1.165, 1.54) is 0 Å². The van der Waals surface area contributed by atoms with Crippen LogP contribution in [0.3, 0.4) is 0 Å². The van der Waals surface area contributed by atoms with E-state index < -0.39 is 25.4 Å². The van der Waals surface area contributed by atoms with Gasteiger partial charge in [0.05, 0.1) is 25.4 Å². The van der Waals surface area contributed by atoms with Gasteiger partial charge in [0.1, 0.15) is 0 Å². The zero-order chi connectivity index (χ0) is 27.1. The lowest BCUT2D eigenvalue weighted by molar-refractivity contribution is 0.0698. The Morgan fingerprint density at radius 2 is 0.658 bits per heavy atom. The zero-order valence-corrected chi connectivity index (χ0v) is 20.9. The van der Waals surface area contributed by atoms with E-state index >= 15 is 0 Å². The molecule has 0 saturated carbocycles. The van der Waals surface area contributed by atoms with E-state index in [0.717, 1.165) is 33.4 Å². The van der Waals surface area contributed by atoms with Crippen molar-refractivity contribution in [2.45, 2.75) is 5.54 Å². The molecule has 0 atom stereocenters. The first-order valence-electron chi connectivity index (χ1n) is 12.0. The van der Waals surface area contributed by atoms with Crippen molar-refractivity contribution in [1.82, 2.24) is 0 Å². The van der Waals surface area contributed by atoms with Crippen molar-refractivity contribution >= 4 is 0 Å². The molecule has 0 spiro atoms. The first kappa shape index (κ1) is 28.0. The summed E-state index contributed by atoms with van der Waals surface area (Å²) >= 11 is 0. The first-order chi connectivity index (χ1) is 18.5. The van der Waals surface area contributed by atoms with Gasteiger partial charge >= 0.3 is 0 Å². The summed E-state index contributed by atoms with van der Waals surface area (Å²) < 4.78 is 0. The fraction of sp³-hybridized carbons (Fsp3) is 0.118. The standard InChI is InChI=1S/C30H18.C4H11NO3/c1-4-10-25(11-5-1)16-19-28-22-29(20-17-26-12-6-2-7-13-26)24-30(23-28)21-18-27-14-8-3-9-15-27;5-4(1-6,2-7)3-8/h1-15,22-24H;6-8H,1-3,5H2. The third-order valence-corrected chi connectivity index (χ3v) is 5.25. The molecule has 0 aliphatic carbocycles. The van der Waals surface area contributed by atoms with Gasteiger partial charge in [0.25, 0.3) is 0 Å². The van der Waals surface area contributed by atoms with Gasteiger partial charge in [-0.25, -0.2) is 0 Å². The maximum absolute atomic E-state index is 8.34. The summed E-state index contributed by atoms with van der Waals surface area (Å²) in [7, 11) is 0. The molecule has 0 aliphatic heterocycles. The average molecular weight is 500 g/mol. The van der Waals surface area contributed by atoms with Gasteiger partial charge in [-0.3, -0.25) is 0 Å². The number of aliphatic hydroxyl groups excluding tert-OH is 3. The fourth-order valence-corrected chi connectivity index (χ4v) is 2.99. The molecular formula is C34H29NO3. The van der Waals surface area contributed by atoms with Crippen LogP contribution in [-0.2, 0) is 0 Å². The van der Waals surface area contributed by atoms with Crippen LogP contribution >= 0.6 is 0 Å². The van der Waals surface area contributed by atoms with Gasteiger partial charge in [-0.15, -0.1) is 0 Å². The van der Waals surface area contributed by atoms with Gasteiger partial charge < -0.3 is 21.1 Å². The van der Waals surface area contributed by atoms with E-state index in [9.17, 15) is 0 Å². The summed E-state index contributed by atoms with van der Waals surface area (Å²) in [4.78, 5) is 0. The molecule has 0 heterocycles. The minimum Gasteiger partial charge on any atom is -0.394 e. The van der Waals surface area contributed by atoms with Gasteiger partial charge in [0.15, 0.2) is 0 Å². The number of rotatable bonds is 3. The minimum atomic E-state index is -1.21. The van der Waals surface area contributed by atoms with E-state index in [2.05, 4.69) is 35.5 Å². The Bertz CT molecular complexity index is 1290. The van der Waals surface area contributed by atoms with Crippen molar-refractivity contribution in [2.24, 2.45) is 5.73 Å². The summed E-state index contributed by atoms with van der Waals surface area (Å²) in [5.74, 6) is 19.4. The third kappa shape index (κ3) is 9.45. The van der Waals surface area contributed by atoms with Crippen molar-refractivity contribution in [3.05, 3.63) is 143 Å². The minimum absolute atomic E-state index is 0.403. The first-order valence-corrected chi connectivity index (χ1v) is 12.0. The predicted octanol–water partition coefficient (Wildman–Crippen LogP) is 3.55. The fourth-order valence-electron chi connectivity index (χ4n) is 2.99. The van der Waals surface area contributed by atoms with Crippen LogP contribution in [0.15, 0.2) is 109 Å². The summed E-state index contributed by atoms with van der Waals surface area (Å²) in [6, 6.07) is 36.0. The number of benzene rings is 4. The average Bonchev–Trinajstić information content (AvgIpc) is 2.99. The molecule has 0 aromatic heterocycles. The molecule has 188 valence electrons. The molecule has 4 rings (SSSR count). The quantitative estimate of drug-likeness (QED) is 0.325. The van der Waals surface area contributed by atoms with Crippen molar-refractivity contribution in [3.63, 3.8) is 0 Å². The number of nitrogens with two attached hydrogens (primary N) is 1. The molecule has 38 heavy (non-hydrogen) atoms. The molecular weight excluding hydrogens is 470 g/mol. The Balaban J connectivity index is 0.000000436. The number of aliphatic hydroxyl groups is 3. The highest BCUT2D eigenvalue weighted by Crippen LogP contribution is 2.10. The van der Waals surface area contributed by atoms with Gasteiger partial charge in [0.2, 0.25) is 0 Å². The summed E-state index contributed by atoms with van der Waals surface area (Å²) in [5, 5.41) is 25.0. The highest BCUT2D eigenvalue weighted by atomic mass is 16.3. The Hall–Kier alpha value is -4.60. The molecule has 0 fully saturated rings. The number of hydrogen-bond acceptors (Lipinski definition) is 4. The molecule has 0 unspecified atom stereocenters. The molecule has 4 aromatic carbocycles. The Morgan fingerprint density at radius 1 is 0.421 bits per heavy atom. The van der Waals surface area contributed by atoms with Crippen LogP contribution in [0.2, 0.25) is 0 Å². The lowest BCUT2D eigenvalue weighted by atomic mass is 10.0. The molecule has 0 radical (unpaired) electrons. The van der Waals surface area contributed by atoms with Gasteiger partial charge in [0, 0.05) is 33.4 Å². The molecule has 0 amide bonds. The van der Waals surface area contributed by atoms with Crippen molar-refractivity contribution in [3.8, 4) is 35.5 Å². The third-order valence-electron chi connectivity index (χ3n) is 5.25. The van der Waals surface area contributed by atoms with E-state index in [-0.39, 0.29) is 0 Å². The van der Waals surface area contributed by atoms with Crippen molar-refractivity contribution in [1.29, 1.82) is 0 Å².